The van der Waals surface area contributed by atoms with Gasteiger partial charge >= 0.3 is 0 Å². The first-order valence-electron chi connectivity index (χ1n) is 10.6. The number of hydrogen-bond acceptors (Lipinski definition) is 6. The Morgan fingerprint density at radius 1 is 1.06 bits per heavy atom. The highest BCUT2D eigenvalue weighted by molar-refractivity contribution is 6.19. The van der Waals surface area contributed by atoms with Crippen molar-refractivity contribution < 1.29 is 28.2 Å². The molecule has 0 saturated carbocycles. The number of hydrogen-bond donors (Lipinski definition) is 0. The molecule has 2 aromatic rings. The van der Waals surface area contributed by atoms with E-state index in [2.05, 4.69) is 0 Å². The summed E-state index contributed by atoms with van der Waals surface area (Å²) in [5.41, 5.74) is 1.96. The van der Waals surface area contributed by atoms with Crippen LogP contribution in [0.3, 0.4) is 0 Å². The highest BCUT2D eigenvalue weighted by Gasteiger charge is 2.35. The number of nitrogens with zero attached hydrogens (tertiary/aromatic N) is 2. The molecule has 0 aliphatic carbocycles. The molecule has 0 saturated heterocycles. The molecule has 0 bridgehead atoms. The van der Waals surface area contributed by atoms with Crippen molar-refractivity contribution in [3.63, 3.8) is 0 Å². The Morgan fingerprint density at radius 3 is 2.44 bits per heavy atom. The maximum atomic E-state index is 13.1. The minimum absolute atomic E-state index is 0.0607. The molecule has 0 atom stereocenters. The van der Waals surface area contributed by atoms with Gasteiger partial charge in [-0.15, -0.1) is 0 Å². The lowest BCUT2D eigenvalue weighted by Gasteiger charge is -2.27. The third-order valence-corrected chi connectivity index (χ3v) is 5.36. The van der Waals surface area contributed by atoms with Gasteiger partial charge < -0.3 is 14.2 Å². The number of ether oxygens (including phenoxy) is 3. The van der Waals surface area contributed by atoms with Crippen LogP contribution in [0.15, 0.2) is 59.2 Å². The molecular formula is C26H25FN2O5. The zero-order valence-electron chi connectivity index (χ0n) is 19.3. The summed E-state index contributed by atoms with van der Waals surface area (Å²) in [5.74, 6) is -0.465. The smallest absolute Gasteiger partial charge is 0.271 e. The molecule has 0 radical (unpaired) electrons. The van der Waals surface area contributed by atoms with Crippen LogP contribution >= 0.6 is 0 Å². The Balaban J connectivity index is 1.88. The summed E-state index contributed by atoms with van der Waals surface area (Å²) in [6.07, 6.45) is 2.09. The fourth-order valence-electron chi connectivity index (χ4n) is 3.50. The predicted molar refractivity (Wildman–Crippen MR) is 123 cm³/mol. The molecule has 0 N–H and O–H groups in total. The highest BCUT2D eigenvalue weighted by Crippen LogP contribution is 2.32. The number of amides is 2. The van der Waals surface area contributed by atoms with Crippen molar-refractivity contribution in [1.82, 2.24) is 4.90 Å². The van der Waals surface area contributed by atoms with Gasteiger partial charge in [0.1, 0.15) is 24.1 Å². The predicted octanol–water partition coefficient (Wildman–Crippen LogP) is 4.04. The fourth-order valence-corrected chi connectivity index (χ4v) is 3.50. The average Bonchev–Trinajstić information content (AvgIpc) is 2.84. The SMILES string of the molecule is COCCCN1C(=O)C(C#N)=C(C)/C(=C\c2ccc(OCc3ccc(F)cc3)c(OC)c2)C1=O. The van der Waals surface area contributed by atoms with Crippen LogP contribution in [-0.4, -0.2) is 44.1 Å². The molecule has 176 valence electrons. The molecule has 8 heteroatoms. The Morgan fingerprint density at radius 2 is 1.79 bits per heavy atom. The van der Waals surface area contributed by atoms with E-state index >= 15 is 0 Å². The Bertz CT molecular complexity index is 1180. The van der Waals surface area contributed by atoms with Gasteiger partial charge in [-0.1, -0.05) is 18.2 Å². The van der Waals surface area contributed by atoms with E-state index in [9.17, 15) is 19.2 Å². The Hall–Kier alpha value is -3.96. The molecule has 0 aromatic heterocycles. The first-order chi connectivity index (χ1) is 16.4. The van der Waals surface area contributed by atoms with Crippen molar-refractivity contribution in [3.8, 4) is 17.6 Å². The van der Waals surface area contributed by atoms with Gasteiger partial charge in [0.15, 0.2) is 11.5 Å². The van der Waals surface area contributed by atoms with Crippen LogP contribution < -0.4 is 9.47 Å². The van der Waals surface area contributed by atoms with Crippen LogP contribution in [0.1, 0.15) is 24.5 Å². The van der Waals surface area contributed by atoms with E-state index in [4.69, 9.17) is 14.2 Å². The van der Waals surface area contributed by atoms with Crippen molar-refractivity contribution in [3.05, 3.63) is 76.1 Å². The summed E-state index contributed by atoms with van der Waals surface area (Å²) in [6, 6.07) is 13.1. The lowest BCUT2D eigenvalue weighted by atomic mass is 9.93. The Labute approximate surface area is 197 Å². The summed E-state index contributed by atoms with van der Waals surface area (Å²) >= 11 is 0. The van der Waals surface area contributed by atoms with E-state index in [1.54, 1.807) is 43.3 Å². The van der Waals surface area contributed by atoms with Gasteiger partial charge in [-0.3, -0.25) is 14.5 Å². The molecule has 0 spiro atoms. The van der Waals surface area contributed by atoms with Crippen LogP contribution in [0.5, 0.6) is 11.5 Å². The lowest BCUT2D eigenvalue weighted by Crippen LogP contribution is -2.43. The van der Waals surface area contributed by atoms with Crippen molar-refractivity contribution in [2.75, 3.05) is 27.4 Å². The van der Waals surface area contributed by atoms with Crippen LogP contribution in [0.4, 0.5) is 4.39 Å². The molecule has 2 aromatic carbocycles. The lowest BCUT2D eigenvalue weighted by molar-refractivity contribution is -0.140. The van der Waals surface area contributed by atoms with Gasteiger partial charge in [0, 0.05) is 25.8 Å². The monoisotopic (exact) mass is 464 g/mol. The number of halogens is 1. The number of methoxy groups -OCH3 is 2. The van der Waals surface area contributed by atoms with E-state index in [0.29, 0.717) is 35.7 Å². The number of carbonyl (C=O) groups is 2. The Kier molecular flexibility index (Phi) is 8.17. The second-order valence-electron chi connectivity index (χ2n) is 7.60. The zero-order valence-corrected chi connectivity index (χ0v) is 19.3. The topological polar surface area (TPSA) is 88.9 Å². The van der Waals surface area contributed by atoms with Crippen LogP contribution in [0, 0.1) is 17.1 Å². The quantitative estimate of drug-likeness (QED) is 0.316. The van der Waals surface area contributed by atoms with Crippen LogP contribution in [-0.2, 0) is 20.9 Å². The van der Waals surface area contributed by atoms with Gasteiger partial charge in [-0.2, -0.15) is 5.26 Å². The van der Waals surface area contributed by atoms with E-state index < -0.39 is 11.8 Å². The van der Waals surface area contributed by atoms with Gasteiger partial charge in [-0.05, 0) is 60.4 Å². The molecular weight excluding hydrogens is 439 g/mol. The fraction of sp³-hybridized carbons (Fsp3) is 0.269. The second-order valence-corrected chi connectivity index (χ2v) is 7.60. The third kappa shape index (κ3) is 5.50. The minimum atomic E-state index is -0.597. The second kappa shape index (κ2) is 11.3. The third-order valence-electron chi connectivity index (χ3n) is 5.36. The first kappa shape index (κ1) is 24.7. The van der Waals surface area contributed by atoms with E-state index in [1.807, 2.05) is 6.07 Å². The standard InChI is InChI=1S/C26H25FN2O5/c1-17-21(25(30)29(11-4-12-32-2)26(31)22(17)15-28)13-19-7-10-23(24(14-19)33-3)34-16-18-5-8-20(27)9-6-18/h5-10,13-14H,4,11-12,16H2,1-3H3/b21-13+. The van der Waals surface area contributed by atoms with Crippen LogP contribution in [0.25, 0.3) is 6.08 Å². The maximum Gasteiger partial charge on any atom is 0.271 e. The van der Waals surface area contributed by atoms with Crippen molar-refractivity contribution in [1.29, 1.82) is 5.26 Å². The summed E-state index contributed by atoms with van der Waals surface area (Å²) in [5, 5.41) is 9.50. The summed E-state index contributed by atoms with van der Waals surface area (Å²) in [7, 11) is 3.04. The number of benzene rings is 2. The maximum absolute atomic E-state index is 13.1. The molecule has 34 heavy (non-hydrogen) atoms. The molecule has 7 nitrogen and oxygen atoms in total. The molecule has 1 aliphatic rings. The van der Waals surface area contributed by atoms with Gasteiger partial charge in [0.25, 0.3) is 11.8 Å². The molecule has 0 fully saturated rings. The van der Waals surface area contributed by atoms with Gasteiger partial charge in [0.05, 0.1) is 7.11 Å². The normalized spacial score (nSPS) is 15.0. The molecule has 3 rings (SSSR count). The van der Waals surface area contributed by atoms with Gasteiger partial charge in [-0.25, -0.2) is 4.39 Å². The van der Waals surface area contributed by atoms with E-state index in [0.717, 1.165) is 10.5 Å². The molecule has 2 amide bonds. The number of carbonyl (C=O) groups excluding carboxylic acids is 2. The van der Waals surface area contributed by atoms with E-state index in [-0.39, 0.29) is 30.1 Å². The van der Waals surface area contributed by atoms with E-state index in [1.165, 1.54) is 26.4 Å². The summed E-state index contributed by atoms with van der Waals surface area (Å²) in [6.45, 7) is 2.35. The largest absolute Gasteiger partial charge is 0.493 e. The summed E-state index contributed by atoms with van der Waals surface area (Å²) < 4.78 is 29.3. The zero-order chi connectivity index (χ0) is 24.7. The van der Waals surface area contributed by atoms with Crippen molar-refractivity contribution in [2.45, 2.75) is 20.0 Å². The van der Waals surface area contributed by atoms with Crippen molar-refractivity contribution >= 4 is 17.9 Å². The van der Waals surface area contributed by atoms with Crippen LogP contribution in [0.2, 0.25) is 0 Å². The minimum Gasteiger partial charge on any atom is -0.493 e. The summed E-state index contributed by atoms with van der Waals surface area (Å²) in [4.78, 5) is 26.8. The van der Waals surface area contributed by atoms with Gasteiger partial charge in [0.2, 0.25) is 0 Å². The number of imide groups is 1. The number of rotatable bonds is 9. The highest BCUT2D eigenvalue weighted by atomic mass is 19.1. The molecule has 1 heterocycles. The number of nitriles is 1. The molecule has 0 unspecified atom stereocenters. The molecule has 1 aliphatic heterocycles. The first-order valence-corrected chi connectivity index (χ1v) is 10.6. The van der Waals surface area contributed by atoms with Crippen molar-refractivity contribution in [2.24, 2.45) is 0 Å². The average molecular weight is 464 g/mol.